The van der Waals surface area contributed by atoms with Crippen LogP contribution in [0.15, 0.2) is 146 Å². The summed E-state index contributed by atoms with van der Waals surface area (Å²) in [6.45, 7) is 4.61. The molecule has 9 rings (SSSR count). The smallest absolute Gasteiger partial charge is 0.0998 e. The summed E-state index contributed by atoms with van der Waals surface area (Å²) in [7, 11) is 0. The van der Waals surface area contributed by atoms with Gasteiger partial charge in [0.05, 0.1) is 11.6 Å². The maximum atomic E-state index is 10.1. The number of anilines is 3. The van der Waals surface area contributed by atoms with Crippen LogP contribution in [0.5, 0.6) is 0 Å². The Morgan fingerprint density at radius 2 is 1.02 bits per heavy atom. The van der Waals surface area contributed by atoms with Gasteiger partial charge in [-0.3, -0.25) is 0 Å². The predicted octanol–water partition coefficient (Wildman–Crippen LogP) is 11.9. The van der Waals surface area contributed by atoms with E-state index < -0.39 is 0 Å². The van der Waals surface area contributed by atoms with Crippen molar-refractivity contribution in [3.05, 3.63) is 162 Å². The molecule has 216 valence electrons. The Morgan fingerprint density at radius 3 is 1.65 bits per heavy atom. The van der Waals surface area contributed by atoms with E-state index in [4.69, 9.17) is 0 Å². The molecule has 0 unspecified atom stereocenters. The Balaban J connectivity index is 1.26. The van der Waals surface area contributed by atoms with E-state index in [1.807, 2.05) is 6.07 Å². The second kappa shape index (κ2) is 9.80. The number of nitriles is 1. The van der Waals surface area contributed by atoms with Crippen molar-refractivity contribution in [2.45, 2.75) is 19.3 Å². The van der Waals surface area contributed by atoms with Crippen molar-refractivity contribution in [1.82, 2.24) is 0 Å². The molecule has 0 radical (unpaired) electrons. The third-order valence-electron chi connectivity index (χ3n) is 9.98. The molecular formula is C44H30N2. The lowest BCUT2D eigenvalue weighted by atomic mass is 9.79. The summed E-state index contributed by atoms with van der Waals surface area (Å²) in [6.07, 6.45) is 0. The van der Waals surface area contributed by atoms with Gasteiger partial charge in [0.15, 0.2) is 0 Å². The van der Waals surface area contributed by atoms with Gasteiger partial charge in [0.25, 0.3) is 0 Å². The lowest BCUT2D eigenvalue weighted by Gasteiger charge is -2.27. The lowest BCUT2D eigenvalue weighted by Crippen LogP contribution is -2.16. The standard InChI is InChI=1S/C44H30N2/c1-44(2)41-26-33(27-45)37-13-7-8-14-39(37)42(41)40-21-17-32-25-36(20-22-38(32)43(40)44)46(34-18-15-28-9-3-5-11-30(28)23-34)35-19-16-29-10-4-6-12-31(29)24-35/h3-26H,1-2H3. The van der Waals surface area contributed by atoms with Gasteiger partial charge in [-0.25, -0.2) is 0 Å². The largest absolute Gasteiger partial charge is 0.310 e. The van der Waals surface area contributed by atoms with Crippen LogP contribution >= 0.6 is 0 Å². The average molecular weight is 587 g/mol. The van der Waals surface area contributed by atoms with Crippen LogP contribution in [-0.2, 0) is 5.41 Å². The highest BCUT2D eigenvalue weighted by Gasteiger charge is 2.38. The minimum Gasteiger partial charge on any atom is -0.310 e. The Morgan fingerprint density at radius 1 is 0.500 bits per heavy atom. The average Bonchev–Trinajstić information content (AvgIpc) is 3.34. The molecule has 0 N–H and O–H groups in total. The maximum Gasteiger partial charge on any atom is 0.0998 e. The van der Waals surface area contributed by atoms with E-state index in [0.717, 1.165) is 33.4 Å². The lowest BCUT2D eigenvalue weighted by molar-refractivity contribution is 0.666. The summed E-state index contributed by atoms with van der Waals surface area (Å²) in [5.74, 6) is 0. The van der Waals surface area contributed by atoms with Gasteiger partial charge in [0.2, 0.25) is 0 Å². The molecule has 2 nitrogen and oxygen atoms in total. The molecule has 0 atom stereocenters. The molecule has 8 aromatic rings. The molecule has 0 fully saturated rings. The molecule has 0 amide bonds. The third kappa shape index (κ3) is 3.82. The van der Waals surface area contributed by atoms with Gasteiger partial charge >= 0.3 is 0 Å². The maximum absolute atomic E-state index is 10.1. The molecule has 2 heteroatoms. The van der Waals surface area contributed by atoms with Crippen molar-refractivity contribution >= 4 is 60.2 Å². The monoisotopic (exact) mass is 586 g/mol. The van der Waals surface area contributed by atoms with Crippen LogP contribution in [0.3, 0.4) is 0 Å². The highest BCUT2D eigenvalue weighted by Crippen LogP contribution is 2.54. The Kier molecular flexibility index (Phi) is 5.64. The van der Waals surface area contributed by atoms with E-state index in [9.17, 15) is 5.26 Å². The fourth-order valence-corrected chi connectivity index (χ4v) is 7.80. The van der Waals surface area contributed by atoms with Gasteiger partial charge in [0.1, 0.15) is 0 Å². The van der Waals surface area contributed by atoms with E-state index >= 15 is 0 Å². The molecule has 0 spiro atoms. The van der Waals surface area contributed by atoms with Crippen molar-refractivity contribution < 1.29 is 0 Å². The summed E-state index contributed by atoms with van der Waals surface area (Å²) < 4.78 is 0. The summed E-state index contributed by atoms with van der Waals surface area (Å²) in [5.41, 5.74) is 8.93. The van der Waals surface area contributed by atoms with Gasteiger partial charge in [-0.05, 0) is 102 Å². The zero-order valence-corrected chi connectivity index (χ0v) is 25.8. The first-order chi connectivity index (χ1) is 22.5. The summed E-state index contributed by atoms with van der Waals surface area (Å²) in [6, 6.07) is 54.9. The van der Waals surface area contributed by atoms with Crippen LogP contribution in [0, 0.1) is 11.3 Å². The fourth-order valence-electron chi connectivity index (χ4n) is 7.80. The molecule has 1 aliphatic carbocycles. The van der Waals surface area contributed by atoms with E-state index in [1.54, 1.807) is 0 Å². The van der Waals surface area contributed by atoms with Crippen molar-refractivity contribution in [1.29, 1.82) is 5.26 Å². The number of hydrogen-bond donors (Lipinski definition) is 0. The Bertz CT molecular complexity index is 2500. The molecule has 8 aromatic carbocycles. The third-order valence-corrected chi connectivity index (χ3v) is 9.98. The van der Waals surface area contributed by atoms with Crippen LogP contribution in [-0.4, -0.2) is 0 Å². The molecule has 46 heavy (non-hydrogen) atoms. The number of fused-ring (bicyclic) bond motifs is 9. The van der Waals surface area contributed by atoms with Crippen molar-refractivity contribution in [3.8, 4) is 17.2 Å². The first kappa shape index (κ1) is 26.5. The Labute approximate surface area is 268 Å². The van der Waals surface area contributed by atoms with Crippen LogP contribution in [0.2, 0.25) is 0 Å². The normalized spacial score (nSPS) is 13.2. The van der Waals surface area contributed by atoms with Crippen LogP contribution in [0.1, 0.15) is 30.5 Å². The fraction of sp³-hybridized carbons (Fsp3) is 0.0682. The van der Waals surface area contributed by atoms with E-state index in [0.29, 0.717) is 0 Å². The van der Waals surface area contributed by atoms with Crippen molar-refractivity contribution in [3.63, 3.8) is 0 Å². The first-order valence-corrected chi connectivity index (χ1v) is 15.8. The predicted molar refractivity (Wildman–Crippen MR) is 193 cm³/mol. The van der Waals surface area contributed by atoms with Gasteiger partial charge < -0.3 is 4.90 Å². The van der Waals surface area contributed by atoms with Gasteiger partial charge in [0, 0.05) is 27.9 Å². The summed E-state index contributed by atoms with van der Waals surface area (Å²) in [5, 5.41) is 19.6. The topological polar surface area (TPSA) is 27.0 Å². The van der Waals surface area contributed by atoms with Crippen LogP contribution in [0.25, 0.3) is 54.2 Å². The Hall–Kier alpha value is -5.91. The zero-order valence-electron chi connectivity index (χ0n) is 25.8. The highest BCUT2D eigenvalue weighted by atomic mass is 15.1. The summed E-state index contributed by atoms with van der Waals surface area (Å²) >= 11 is 0. The van der Waals surface area contributed by atoms with E-state index in [2.05, 4.69) is 164 Å². The van der Waals surface area contributed by atoms with Crippen molar-refractivity contribution in [2.24, 2.45) is 0 Å². The molecule has 0 bridgehead atoms. The van der Waals surface area contributed by atoms with Gasteiger partial charge in [-0.15, -0.1) is 0 Å². The molecular weight excluding hydrogens is 556 g/mol. The molecule has 1 aliphatic rings. The first-order valence-electron chi connectivity index (χ1n) is 15.8. The quantitative estimate of drug-likeness (QED) is 0.206. The second-order valence-corrected chi connectivity index (χ2v) is 12.9. The van der Waals surface area contributed by atoms with E-state index in [-0.39, 0.29) is 5.41 Å². The van der Waals surface area contributed by atoms with Gasteiger partial charge in [-0.2, -0.15) is 5.26 Å². The van der Waals surface area contributed by atoms with Crippen molar-refractivity contribution in [2.75, 3.05) is 4.90 Å². The zero-order chi connectivity index (χ0) is 31.0. The van der Waals surface area contributed by atoms with Gasteiger partial charge in [-0.1, -0.05) is 117 Å². The van der Waals surface area contributed by atoms with Crippen LogP contribution in [0.4, 0.5) is 17.1 Å². The minimum absolute atomic E-state index is 0.252. The summed E-state index contributed by atoms with van der Waals surface area (Å²) in [4.78, 5) is 2.37. The number of benzene rings is 8. The number of rotatable bonds is 3. The molecule has 0 aliphatic heterocycles. The SMILES string of the molecule is CC1(C)c2cc(C#N)c3ccccc3c2-c2ccc3cc(N(c4ccc5ccccc5c4)c4ccc5ccccc5c4)ccc3c21. The minimum atomic E-state index is -0.252. The number of nitrogens with zero attached hydrogens (tertiary/aromatic N) is 2. The van der Waals surface area contributed by atoms with E-state index in [1.165, 1.54) is 54.6 Å². The number of hydrogen-bond acceptors (Lipinski definition) is 2. The highest BCUT2D eigenvalue weighted by molar-refractivity contribution is 6.09. The molecule has 0 heterocycles. The van der Waals surface area contributed by atoms with Crippen LogP contribution < -0.4 is 4.90 Å². The second-order valence-electron chi connectivity index (χ2n) is 12.9. The molecule has 0 saturated carbocycles. The molecule has 0 aromatic heterocycles. The molecule has 0 saturated heterocycles.